The molecule has 0 aliphatic carbocycles. The molecule has 4 rings (SSSR count). The van der Waals surface area contributed by atoms with Gasteiger partial charge in [-0.2, -0.15) is 10.2 Å². The largest absolute Gasteiger partial charge is 0.312 e. The van der Waals surface area contributed by atoms with Gasteiger partial charge >= 0.3 is 0 Å². The van der Waals surface area contributed by atoms with E-state index >= 15 is 0 Å². The first kappa shape index (κ1) is 19.9. The van der Waals surface area contributed by atoms with Gasteiger partial charge in [0.2, 0.25) is 5.91 Å². The number of carbonyl (C=O) groups is 1. The third-order valence-electron chi connectivity index (χ3n) is 5.72. The molecule has 2 aliphatic heterocycles. The molecular weight excluding hydrogens is 369 g/mol. The van der Waals surface area contributed by atoms with E-state index in [-0.39, 0.29) is 17.1 Å². The molecule has 1 atom stereocenters. The molecule has 2 aliphatic rings. The smallest absolute Gasteiger partial charge is 0.241 e. The third-order valence-corrected chi connectivity index (χ3v) is 5.72. The Morgan fingerprint density at radius 1 is 1.28 bits per heavy atom. The van der Waals surface area contributed by atoms with Gasteiger partial charge in [-0.25, -0.2) is 4.39 Å². The number of rotatable bonds is 4. The molecule has 1 fully saturated rings. The highest BCUT2D eigenvalue weighted by Crippen LogP contribution is 2.39. The van der Waals surface area contributed by atoms with Crippen LogP contribution in [0.3, 0.4) is 0 Å². The van der Waals surface area contributed by atoms with Gasteiger partial charge in [-0.1, -0.05) is 26.0 Å². The van der Waals surface area contributed by atoms with Gasteiger partial charge in [-0.05, 0) is 30.7 Å². The fraction of sp³-hybridized carbons (Fsp3) is 0.500. The highest BCUT2D eigenvalue weighted by Gasteiger charge is 2.40. The van der Waals surface area contributed by atoms with E-state index < -0.39 is 0 Å². The quantitative estimate of drug-likeness (QED) is 0.856. The van der Waals surface area contributed by atoms with Crippen LogP contribution in [0.25, 0.3) is 0 Å². The van der Waals surface area contributed by atoms with E-state index in [9.17, 15) is 9.18 Å². The van der Waals surface area contributed by atoms with Crippen LogP contribution in [0.5, 0.6) is 0 Å². The van der Waals surface area contributed by atoms with Crippen LogP contribution in [0.2, 0.25) is 0 Å². The van der Waals surface area contributed by atoms with Crippen LogP contribution in [0.4, 0.5) is 10.1 Å². The van der Waals surface area contributed by atoms with Crippen LogP contribution in [0.15, 0.2) is 30.3 Å². The zero-order chi connectivity index (χ0) is 20.6. The first-order chi connectivity index (χ1) is 13.8. The maximum atomic E-state index is 13.2. The predicted octanol–water partition coefficient (Wildman–Crippen LogP) is 2.12. The van der Waals surface area contributed by atoms with Crippen molar-refractivity contribution < 1.29 is 9.18 Å². The van der Waals surface area contributed by atoms with Gasteiger partial charge in [-0.3, -0.25) is 9.69 Å². The molecule has 1 amide bonds. The summed E-state index contributed by atoms with van der Waals surface area (Å²) in [4.78, 5) is 17.2. The molecule has 1 aromatic heterocycles. The number of aromatic nitrogens is 2. The Morgan fingerprint density at radius 2 is 2.03 bits per heavy atom. The topological polar surface area (TPSA) is 61.4 Å². The van der Waals surface area contributed by atoms with Crippen molar-refractivity contribution in [3.63, 3.8) is 0 Å². The molecule has 0 saturated carbocycles. The summed E-state index contributed by atoms with van der Waals surface area (Å²) in [6.07, 6.45) is 0.554. The molecule has 7 heteroatoms. The molecule has 1 N–H and O–H groups in total. The van der Waals surface area contributed by atoms with Gasteiger partial charge in [0.15, 0.2) is 0 Å². The van der Waals surface area contributed by atoms with Crippen LogP contribution < -0.4 is 10.2 Å². The average Bonchev–Trinajstić information content (AvgIpc) is 2.94. The van der Waals surface area contributed by atoms with Crippen molar-refractivity contribution in [3.05, 3.63) is 53.1 Å². The number of hydrogen-bond donors (Lipinski definition) is 1. The summed E-state index contributed by atoms with van der Waals surface area (Å²) >= 11 is 0. The van der Waals surface area contributed by atoms with E-state index in [1.807, 2.05) is 11.0 Å². The van der Waals surface area contributed by atoms with Gasteiger partial charge < -0.3 is 10.2 Å². The minimum atomic E-state index is -0.255. The zero-order valence-electron chi connectivity index (χ0n) is 17.3. The normalized spacial score (nSPS) is 21.2. The first-order valence-corrected chi connectivity index (χ1v) is 10.2. The number of nitrogens with one attached hydrogen (secondary N) is 1. The molecule has 0 bridgehead atoms. The highest BCUT2D eigenvalue weighted by molar-refractivity contribution is 5.97. The van der Waals surface area contributed by atoms with Crippen LogP contribution in [0.1, 0.15) is 37.7 Å². The number of benzene rings is 1. The van der Waals surface area contributed by atoms with E-state index in [2.05, 4.69) is 41.2 Å². The molecule has 2 aromatic rings. The Hall–Kier alpha value is -2.38. The second-order valence-electron chi connectivity index (χ2n) is 8.83. The standard InChI is InChI=1S/C22H28FN5O/c1-15-12-27(9-8-24-15)13-20(29)28-14-22(2,3)21-19(28)11-18(25-26-21)10-16-4-6-17(23)7-5-16/h4-7,11,15,24H,8-10,12-14H2,1-3H3. The van der Waals surface area contributed by atoms with E-state index in [4.69, 9.17) is 0 Å². The van der Waals surface area contributed by atoms with E-state index in [1.54, 1.807) is 12.1 Å². The zero-order valence-corrected chi connectivity index (χ0v) is 17.3. The summed E-state index contributed by atoms with van der Waals surface area (Å²) in [7, 11) is 0. The number of halogens is 1. The van der Waals surface area contributed by atoms with Crippen molar-refractivity contribution in [3.8, 4) is 0 Å². The number of anilines is 1. The van der Waals surface area contributed by atoms with Crippen LogP contribution in [-0.2, 0) is 16.6 Å². The van der Waals surface area contributed by atoms with Crippen molar-refractivity contribution in [2.75, 3.05) is 37.6 Å². The maximum Gasteiger partial charge on any atom is 0.241 e. The summed E-state index contributed by atoms with van der Waals surface area (Å²) in [6, 6.07) is 8.77. The molecule has 0 radical (unpaired) electrons. The minimum Gasteiger partial charge on any atom is -0.312 e. The molecule has 29 heavy (non-hydrogen) atoms. The monoisotopic (exact) mass is 397 g/mol. The van der Waals surface area contributed by atoms with Gasteiger partial charge in [0.1, 0.15) is 5.82 Å². The predicted molar refractivity (Wildman–Crippen MR) is 111 cm³/mol. The Bertz CT molecular complexity index is 899. The lowest BCUT2D eigenvalue weighted by Gasteiger charge is -2.32. The third kappa shape index (κ3) is 4.31. The maximum absolute atomic E-state index is 13.2. The van der Waals surface area contributed by atoms with Crippen LogP contribution >= 0.6 is 0 Å². The van der Waals surface area contributed by atoms with Crippen molar-refractivity contribution >= 4 is 11.6 Å². The lowest BCUT2D eigenvalue weighted by Crippen LogP contribution is -2.52. The molecule has 154 valence electrons. The van der Waals surface area contributed by atoms with Gasteiger partial charge in [0.05, 0.1) is 23.6 Å². The van der Waals surface area contributed by atoms with E-state index in [0.29, 0.717) is 25.6 Å². The Kier molecular flexibility index (Phi) is 5.36. The Balaban J connectivity index is 1.55. The lowest BCUT2D eigenvalue weighted by molar-refractivity contribution is -0.120. The molecule has 0 spiro atoms. The molecule has 6 nitrogen and oxygen atoms in total. The number of piperazine rings is 1. The minimum absolute atomic E-state index is 0.103. The van der Waals surface area contributed by atoms with Gasteiger partial charge in [0.25, 0.3) is 0 Å². The van der Waals surface area contributed by atoms with E-state index in [1.165, 1.54) is 12.1 Å². The van der Waals surface area contributed by atoms with Crippen LogP contribution in [0, 0.1) is 5.82 Å². The second-order valence-corrected chi connectivity index (χ2v) is 8.83. The number of fused-ring (bicyclic) bond motifs is 1. The lowest BCUT2D eigenvalue weighted by atomic mass is 9.91. The van der Waals surface area contributed by atoms with Gasteiger partial charge in [0, 0.05) is 44.1 Å². The number of nitrogens with zero attached hydrogens (tertiary/aromatic N) is 4. The summed E-state index contributed by atoms with van der Waals surface area (Å²) < 4.78 is 13.2. The van der Waals surface area contributed by atoms with Crippen molar-refractivity contribution in [2.45, 2.75) is 38.6 Å². The molecule has 1 unspecified atom stereocenters. The van der Waals surface area contributed by atoms with Crippen LogP contribution in [-0.4, -0.2) is 59.8 Å². The van der Waals surface area contributed by atoms with Crippen molar-refractivity contribution in [2.24, 2.45) is 0 Å². The molecule has 3 heterocycles. The second kappa shape index (κ2) is 7.80. The Labute approximate surface area is 171 Å². The molecule has 1 aromatic carbocycles. The number of carbonyl (C=O) groups excluding carboxylic acids is 1. The SMILES string of the molecule is CC1CN(CC(=O)N2CC(C)(C)c3nnc(Cc4ccc(F)cc4)cc32)CCN1. The Morgan fingerprint density at radius 3 is 2.76 bits per heavy atom. The van der Waals surface area contributed by atoms with Crippen molar-refractivity contribution in [1.29, 1.82) is 0 Å². The fourth-order valence-electron chi connectivity index (χ4n) is 4.22. The van der Waals surface area contributed by atoms with Gasteiger partial charge in [-0.15, -0.1) is 0 Å². The van der Waals surface area contributed by atoms with Crippen molar-refractivity contribution in [1.82, 2.24) is 20.4 Å². The fourth-order valence-corrected chi connectivity index (χ4v) is 4.22. The molecule has 1 saturated heterocycles. The summed E-state index contributed by atoms with van der Waals surface area (Å²) in [5, 5.41) is 12.3. The summed E-state index contributed by atoms with van der Waals surface area (Å²) in [5.74, 6) is -0.152. The summed E-state index contributed by atoms with van der Waals surface area (Å²) in [6.45, 7) is 10.0. The number of amides is 1. The average molecular weight is 397 g/mol. The van der Waals surface area contributed by atoms with E-state index in [0.717, 1.165) is 42.3 Å². The highest BCUT2D eigenvalue weighted by atomic mass is 19.1. The first-order valence-electron chi connectivity index (χ1n) is 10.2. The number of hydrogen-bond acceptors (Lipinski definition) is 5. The summed E-state index contributed by atoms with van der Waals surface area (Å²) in [5.41, 5.74) is 3.23. The molecular formula is C22H28FN5O.